The van der Waals surface area contributed by atoms with E-state index in [0.717, 1.165) is 0 Å². The van der Waals surface area contributed by atoms with Gasteiger partial charge in [-0.3, -0.25) is 4.79 Å². The van der Waals surface area contributed by atoms with Crippen LogP contribution in [0.5, 0.6) is 0 Å². The Hall–Kier alpha value is -0.700. The van der Waals surface area contributed by atoms with Gasteiger partial charge in [-0.1, -0.05) is 13.8 Å². The fraction of sp³-hybridized carbons (Fsp3) is 0.909. The van der Waals surface area contributed by atoms with Gasteiger partial charge < -0.3 is 9.84 Å². The fourth-order valence-corrected chi connectivity index (χ4v) is 3.43. The van der Waals surface area contributed by atoms with Gasteiger partial charge in [-0.15, -0.1) is 0 Å². The molecule has 0 spiro atoms. The van der Waals surface area contributed by atoms with Gasteiger partial charge in [0.05, 0.1) is 5.41 Å². The van der Waals surface area contributed by atoms with Crippen LogP contribution in [0.2, 0.25) is 0 Å². The Morgan fingerprint density at radius 3 is 2.26 bits per heavy atom. The van der Waals surface area contributed by atoms with Crippen molar-refractivity contribution >= 4 is 16.2 Å². The third-order valence-electron chi connectivity index (χ3n) is 3.54. The van der Waals surface area contributed by atoms with Crippen LogP contribution in [0, 0.1) is 5.41 Å². The molecule has 7 nitrogen and oxygen atoms in total. The predicted molar refractivity (Wildman–Crippen MR) is 70.0 cm³/mol. The van der Waals surface area contributed by atoms with Crippen LogP contribution in [0.4, 0.5) is 0 Å². The normalized spacial score (nSPS) is 19.5. The summed E-state index contributed by atoms with van der Waals surface area (Å²) in [6.07, 6.45) is 0.645. The molecule has 0 saturated carbocycles. The van der Waals surface area contributed by atoms with Crippen LogP contribution in [-0.2, 0) is 19.7 Å². The number of carbonyl (C=O) groups is 1. The zero-order chi connectivity index (χ0) is 14.5. The maximum absolute atomic E-state index is 12.0. The first-order valence-electron chi connectivity index (χ1n) is 6.44. The number of aliphatic carboxylic acids is 1. The van der Waals surface area contributed by atoms with E-state index < -0.39 is 21.6 Å². The second-order valence-electron chi connectivity index (χ2n) is 4.61. The molecular weight excluding hydrogens is 272 g/mol. The summed E-state index contributed by atoms with van der Waals surface area (Å²) in [4.78, 5) is 11.4. The standard InChI is InChI=1S/C11H22N2O5S/c1-3-13(4-2)19(16,17)12-9-11(10(14)15)5-7-18-8-6-11/h12H,3-9H2,1-2H3,(H,14,15). The van der Waals surface area contributed by atoms with Crippen LogP contribution >= 0.6 is 0 Å². The number of carboxylic acid groups (broad SMARTS) is 1. The van der Waals surface area contributed by atoms with E-state index in [2.05, 4.69) is 4.72 Å². The van der Waals surface area contributed by atoms with Crippen molar-refractivity contribution in [3.63, 3.8) is 0 Å². The number of hydrogen-bond acceptors (Lipinski definition) is 4. The van der Waals surface area contributed by atoms with Crippen molar-refractivity contribution in [1.29, 1.82) is 0 Å². The van der Waals surface area contributed by atoms with Gasteiger partial charge in [0.1, 0.15) is 0 Å². The van der Waals surface area contributed by atoms with Gasteiger partial charge in [-0.05, 0) is 12.8 Å². The molecule has 0 atom stereocenters. The maximum atomic E-state index is 12.0. The Morgan fingerprint density at radius 2 is 1.84 bits per heavy atom. The summed E-state index contributed by atoms with van der Waals surface area (Å²) >= 11 is 0. The fourth-order valence-electron chi connectivity index (χ4n) is 2.11. The lowest BCUT2D eigenvalue weighted by Gasteiger charge is -2.33. The molecule has 0 aromatic rings. The minimum absolute atomic E-state index is 0.0927. The van der Waals surface area contributed by atoms with Crippen molar-refractivity contribution in [3.8, 4) is 0 Å². The monoisotopic (exact) mass is 294 g/mol. The smallest absolute Gasteiger partial charge is 0.311 e. The highest BCUT2D eigenvalue weighted by Crippen LogP contribution is 2.30. The minimum Gasteiger partial charge on any atom is -0.481 e. The summed E-state index contributed by atoms with van der Waals surface area (Å²) in [5.41, 5.74) is -1.06. The summed E-state index contributed by atoms with van der Waals surface area (Å²) in [5, 5.41) is 9.33. The summed E-state index contributed by atoms with van der Waals surface area (Å²) in [7, 11) is -3.61. The summed E-state index contributed by atoms with van der Waals surface area (Å²) in [6.45, 7) is 4.79. The molecule has 1 saturated heterocycles. The largest absolute Gasteiger partial charge is 0.481 e. The molecule has 112 valence electrons. The van der Waals surface area contributed by atoms with Crippen molar-refractivity contribution in [2.75, 3.05) is 32.8 Å². The Morgan fingerprint density at radius 1 is 1.32 bits per heavy atom. The molecule has 1 heterocycles. The molecular formula is C11H22N2O5S. The topological polar surface area (TPSA) is 95.9 Å². The molecule has 2 N–H and O–H groups in total. The van der Waals surface area contributed by atoms with Gasteiger partial charge >= 0.3 is 5.97 Å². The highest BCUT2D eigenvalue weighted by Gasteiger charge is 2.41. The number of hydrogen-bond donors (Lipinski definition) is 2. The molecule has 1 fully saturated rings. The molecule has 1 aliphatic rings. The number of rotatable bonds is 7. The van der Waals surface area contributed by atoms with E-state index in [-0.39, 0.29) is 6.54 Å². The minimum atomic E-state index is -3.61. The quantitative estimate of drug-likeness (QED) is 0.691. The molecule has 19 heavy (non-hydrogen) atoms. The zero-order valence-corrected chi connectivity index (χ0v) is 12.2. The molecule has 1 aliphatic heterocycles. The third kappa shape index (κ3) is 3.88. The molecule has 1 rings (SSSR count). The molecule has 0 radical (unpaired) electrons. The first-order valence-corrected chi connectivity index (χ1v) is 7.88. The van der Waals surface area contributed by atoms with Crippen molar-refractivity contribution in [3.05, 3.63) is 0 Å². The van der Waals surface area contributed by atoms with Crippen molar-refractivity contribution in [2.45, 2.75) is 26.7 Å². The number of nitrogens with zero attached hydrogens (tertiary/aromatic N) is 1. The van der Waals surface area contributed by atoms with Crippen molar-refractivity contribution in [2.24, 2.45) is 5.41 Å². The molecule has 0 bridgehead atoms. The Labute approximate surface area is 114 Å². The lowest BCUT2D eigenvalue weighted by Crippen LogP contribution is -2.50. The van der Waals surface area contributed by atoms with Crippen LogP contribution in [0.25, 0.3) is 0 Å². The lowest BCUT2D eigenvalue weighted by molar-refractivity contribution is -0.154. The van der Waals surface area contributed by atoms with Gasteiger partial charge in [0.25, 0.3) is 10.2 Å². The number of ether oxygens (including phenoxy) is 1. The van der Waals surface area contributed by atoms with E-state index in [0.29, 0.717) is 39.1 Å². The van der Waals surface area contributed by atoms with Gasteiger partial charge in [0.15, 0.2) is 0 Å². The van der Waals surface area contributed by atoms with Gasteiger partial charge in [-0.25, -0.2) is 4.72 Å². The average Bonchev–Trinajstić information content (AvgIpc) is 2.38. The van der Waals surface area contributed by atoms with Gasteiger partial charge in [0.2, 0.25) is 0 Å². The molecule has 0 amide bonds. The summed E-state index contributed by atoms with van der Waals surface area (Å²) in [6, 6.07) is 0. The van der Waals surface area contributed by atoms with E-state index in [9.17, 15) is 18.3 Å². The molecule has 0 aromatic heterocycles. The summed E-state index contributed by atoms with van der Waals surface area (Å²) < 4.78 is 32.8. The van der Waals surface area contributed by atoms with Crippen LogP contribution < -0.4 is 4.72 Å². The van der Waals surface area contributed by atoms with E-state index in [1.165, 1.54) is 4.31 Å². The SMILES string of the molecule is CCN(CC)S(=O)(=O)NCC1(C(=O)O)CCOCC1. The number of nitrogens with one attached hydrogen (secondary N) is 1. The third-order valence-corrected chi connectivity index (χ3v) is 5.25. The number of carboxylic acids is 1. The average molecular weight is 294 g/mol. The zero-order valence-electron chi connectivity index (χ0n) is 11.4. The van der Waals surface area contributed by atoms with E-state index in [4.69, 9.17) is 4.74 Å². The lowest BCUT2D eigenvalue weighted by atomic mass is 9.80. The predicted octanol–water partition coefficient (Wildman–Crippen LogP) is 0.0440. The Kier molecular flexibility index (Phi) is 5.72. The van der Waals surface area contributed by atoms with Crippen LogP contribution in [-0.4, -0.2) is 56.6 Å². The van der Waals surface area contributed by atoms with Gasteiger partial charge in [-0.2, -0.15) is 12.7 Å². The van der Waals surface area contributed by atoms with Crippen molar-refractivity contribution < 1.29 is 23.1 Å². The molecule has 0 unspecified atom stereocenters. The van der Waals surface area contributed by atoms with Gasteiger partial charge in [0, 0.05) is 32.8 Å². The Balaban J connectivity index is 2.74. The van der Waals surface area contributed by atoms with E-state index in [1.807, 2.05) is 0 Å². The second kappa shape index (κ2) is 6.65. The first-order chi connectivity index (χ1) is 8.88. The van der Waals surface area contributed by atoms with Crippen LogP contribution in [0.15, 0.2) is 0 Å². The Bertz CT molecular complexity index is 399. The van der Waals surface area contributed by atoms with Crippen molar-refractivity contribution in [1.82, 2.24) is 9.03 Å². The van der Waals surface area contributed by atoms with E-state index in [1.54, 1.807) is 13.8 Å². The maximum Gasteiger partial charge on any atom is 0.311 e. The summed E-state index contributed by atoms with van der Waals surface area (Å²) in [5.74, 6) is -0.974. The van der Waals surface area contributed by atoms with Crippen LogP contribution in [0.1, 0.15) is 26.7 Å². The second-order valence-corrected chi connectivity index (χ2v) is 6.36. The van der Waals surface area contributed by atoms with Crippen LogP contribution in [0.3, 0.4) is 0 Å². The highest BCUT2D eigenvalue weighted by atomic mass is 32.2. The van der Waals surface area contributed by atoms with E-state index >= 15 is 0 Å². The molecule has 0 aliphatic carbocycles. The molecule has 8 heteroatoms. The molecule has 0 aromatic carbocycles. The highest BCUT2D eigenvalue weighted by molar-refractivity contribution is 7.87. The first kappa shape index (κ1) is 16.4.